The van der Waals surface area contributed by atoms with Crippen LogP contribution in [0.4, 0.5) is 13.2 Å². The normalized spacial score (nSPS) is 20.8. The van der Waals surface area contributed by atoms with E-state index < -0.39 is 11.7 Å². The molecular formula is C18H20F3N3OS. The Morgan fingerprint density at radius 1 is 1.35 bits per heavy atom. The third kappa shape index (κ3) is 4.42. The highest BCUT2D eigenvalue weighted by molar-refractivity contribution is 7.09. The Labute approximate surface area is 153 Å². The monoisotopic (exact) mass is 383 g/mol. The fourth-order valence-electron chi connectivity index (χ4n) is 3.05. The molecule has 140 valence electrons. The Bertz CT molecular complexity index is 758. The number of nitrogens with zero attached hydrogens (tertiary/aromatic N) is 1. The number of aromatic nitrogens is 1. The largest absolute Gasteiger partial charge is 0.416 e. The lowest BCUT2D eigenvalue weighted by atomic mass is 9.91. The van der Waals surface area contributed by atoms with Crippen molar-refractivity contribution in [2.45, 2.75) is 38.5 Å². The number of benzene rings is 1. The minimum absolute atomic E-state index is 0.0102. The van der Waals surface area contributed by atoms with Crippen molar-refractivity contribution in [1.82, 2.24) is 15.6 Å². The molecule has 0 saturated carbocycles. The number of hydrogen-bond donors (Lipinski definition) is 2. The van der Waals surface area contributed by atoms with Gasteiger partial charge < -0.3 is 10.6 Å². The molecule has 0 unspecified atom stereocenters. The molecule has 1 saturated heterocycles. The van der Waals surface area contributed by atoms with E-state index in [1.54, 1.807) is 5.38 Å². The standard InChI is InChI=1S/C18H20F3N3OS/c1-11-14(3-2-8-22-11)17(25)23-9-16-24-15(10-26-16)12-4-6-13(7-5-12)18(19,20)21/h4-7,10-11,14,22H,2-3,8-9H2,1H3,(H,23,25)/t11-,14-/m0/s1. The highest BCUT2D eigenvalue weighted by Crippen LogP contribution is 2.31. The van der Waals surface area contributed by atoms with Gasteiger partial charge >= 0.3 is 6.18 Å². The second-order valence-corrected chi connectivity index (χ2v) is 7.35. The van der Waals surface area contributed by atoms with Crippen molar-refractivity contribution in [2.75, 3.05) is 6.54 Å². The minimum atomic E-state index is -4.35. The van der Waals surface area contributed by atoms with Gasteiger partial charge in [-0.05, 0) is 38.4 Å². The number of nitrogens with one attached hydrogen (secondary N) is 2. The van der Waals surface area contributed by atoms with Crippen LogP contribution in [-0.2, 0) is 17.5 Å². The molecule has 3 rings (SSSR count). The van der Waals surface area contributed by atoms with E-state index in [2.05, 4.69) is 15.6 Å². The summed E-state index contributed by atoms with van der Waals surface area (Å²) >= 11 is 1.38. The Kier molecular flexibility index (Phi) is 5.62. The van der Waals surface area contributed by atoms with Crippen LogP contribution in [-0.4, -0.2) is 23.5 Å². The molecule has 1 aromatic carbocycles. The molecule has 2 N–H and O–H groups in total. The number of carbonyl (C=O) groups excluding carboxylic acids is 1. The maximum atomic E-state index is 12.6. The van der Waals surface area contributed by atoms with E-state index in [1.807, 2.05) is 6.92 Å². The topological polar surface area (TPSA) is 54.0 Å². The minimum Gasteiger partial charge on any atom is -0.349 e. The van der Waals surface area contributed by atoms with Crippen LogP contribution in [0.25, 0.3) is 11.3 Å². The van der Waals surface area contributed by atoms with Crippen LogP contribution in [0.3, 0.4) is 0 Å². The zero-order chi connectivity index (χ0) is 18.7. The van der Waals surface area contributed by atoms with Gasteiger partial charge in [0.1, 0.15) is 5.01 Å². The summed E-state index contributed by atoms with van der Waals surface area (Å²) in [6.07, 6.45) is -2.49. The van der Waals surface area contributed by atoms with E-state index in [0.29, 0.717) is 17.8 Å². The van der Waals surface area contributed by atoms with Gasteiger partial charge in [0.15, 0.2) is 0 Å². The summed E-state index contributed by atoms with van der Waals surface area (Å²) in [4.78, 5) is 16.7. The van der Waals surface area contributed by atoms with Crippen LogP contribution < -0.4 is 10.6 Å². The smallest absolute Gasteiger partial charge is 0.349 e. The van der Waals surface area contributed by atoms with E-state index >= 15 is 0 Å². The quantitative estimate of drug-likeness (QED) is 0.844. The molecule has 0 aliphatic carbocycles. The maximum Gasteiger partial charge on any atom is 0.416 e. The number of halogens is 3. The molecule has 2 atom stereocenters. The van der Waals surface area contributed by atoms with Crippen LogP contribution in [0.5, 0.6) is 0 Å². The first-order valence-electron chi connectivity index (χ1n) is 8.48. The number of alkyl halides is 3. The average Bonchev–Trinajstić information content (AvgIpc) is 3.08. The first kappa shape index (κ1) is 18.8. The number of rotatable bonds is 4. The van der Waals surface area contributed by atoms with Crippen molar-refractivity contribution in [3.63, 3.8) is 0 Å². The second kappa shape index (κ2) is 7.75. The molecule has 1 amide bonds. The van der Waals surface area contributed by atoms with Crippen LogP contribution in [0.15, 0.2) is 29.6 Å². The van der Waals surface area contributed by atoms with Crippen molar-refractivity contribution in [1.29, 1.82) is 0 Å². The summed E-state index contributed by atoms with van der Waals surface area (Å²) in [5.74, 6) is -0.0333. The fraction of sp³-hybridized carbons (Fsp3) is 0.444. The number of thiazole rings is 1. The Balaban J connectivity index is 1.60. The molecule has 1 fully saturated rings. The van der Waals surface area contributed by atoms with E-state index in [9.17, 15) is 18.0 Å². The fourth-order valence-corrected chi connectivity index (χ4v) is 3.79. The van der Waals surface area contributed by atoms with Gasteiger partial charge in [-0.1, -0.05) is 12.1 Å². The SMILES string of the molecule is C[C@@H]1NCCC[C@@H]1C(=O)NCc1nc(-c2ccc(C(F)(F)F)cc2)cs1. The lowest BCUT2D eigenvalue weighted by molar-refractivity contribution is -0.137. The number of amides is 1. The summed E-state index contributed by atoms with van der Waals surface area (Å²) in [5.41, 5.74) is 0.553. The Morgan fingerprint density at radius 3 is 2.73 bits per heavy atom. The molecule has 0 bridgehead atoms. The van der Waals surface area contributed by atoms with Crippen LogP contribution >= 0.6 is 11.3 Å². The molecule has 2 heterocycles. The molecule has 2 aromatic rings. The predicted molar refractivity (Wildman–Crippen MR) is 94.6 cm³/mol. The third-order valence-corrected chi connectivity index (χ3v) is 5.42. The number of carbonyl (C=O) groups is 1. The van der Waals surface area contributed by atoms with Gasteiger partial charge in [0.2, 0.25) is 5.91 Å². The summed E-state index contributed by atoms with van der Waals surface area (Å²) in [5, 5.41) is 8.72. The van der Waals surface area contributed by atoms with Crippen LogP contribution in [0.2, 0.25) is 0 Å². The molecule has 0 spiro atoms. The molecule has 4 nitrogen and oxygen atoms in total. The molecule has 26 heavy (non-hydrogen) atoms. The van der Waals surface area contributed by atoms with Gasteiger partial charge in [0.25, 0.3) is 0 Å². The van der Waals surface area contributed by atoms with Gasteiger partial charge in [-0.2, -0.15) is 13.2 Å². The van der Waals surface area contributed by atoms with E-state index in [-0.39, 0.29) is 17.9 Å². The molecule has 0 radical (unpaired) electrons. The molecule has 8 heteroatoms. The highest BCUT2D eigenvalue weighted by Gasteiger charge is 2.30. The first-order valence-corrected chi connectivity index (χ1v) is 9.35. The van der Waals surface area contributed by atoms with Crippen molar-refractivity contribution in [3.8, 4) is 11.3 Å². The van der Waals surface area contributed by atoms with E-state index in [0.717, 1.165) is 36.5 Å². The second-order valence-electron chi connectivity index (χ2n) is 6.41. The summed E-state index contributed by atoms with van der Waals surface area (Å²) in [6.45, 7) is 3.27. The Morgan fingerprint density at radius 2 is 2.08 bits per heavy atom. The number of piperidine rings is 1. The van der Waals surface area contributed by atoms with Crippen molar-refractivity contribution < 1.29 is 18.0 Å². The van der Waals surface area contributed by atoms with Crippen molar-refractivity contribution in [3.05, 3.63) is 40.2 Å². The number of hydrogen-bond acceptors (Lipinski definition) is 4. The average molecular weight is 383 g/mol. The predicted octanol–water partition coefficient (Wildman–Crippen LogP) is 3.83. The third-order valence-electron chi connectivity index (χ3n) is 4.57. The maximum absolute atomic E-state index is 12.6. The van der Waals surface area contributed by atoms with E-state index in [1.165, 1.54) is 23.5 Å². The molecule has 1 aliphatic heterocycles. The van der Waals surface area contributed by atoms with Crippen molar-refractivity contribution in [2.24, 2.45) is 5.92 Å². The van der Waals surface area contributed by atoms with Gasteiger partial charge in [0, 0.05) is 17.0 Å². The van der Waals surface area contributed by atoms with E-state index in [4.69, 9.17) is 0 Å². The lowest BCUT2D eigenvalue weighted by Crippen LogP contribution is -2.46. The van der Waals surface area contributed by atoms with Gasteiger partial charge in [-0.25, -0.2) is 4.98 Å². The highest BCUT2D eigenvalue weighted by atomic mass is 32.1. The zero-order valence-corrected chi connectivity index (χ0v) is 15.1. The Hall–Kier alpha value is -1.93. The zero-order valence-electron chi connectivity index (χ0n) is 14.3. The molecule has 1 aliphatic rings. The van der Waals surface area contributed by atoms with Crippen LogP contribution in [0, 0.1) is 5.92 Å². The molecular weight excluding hydrogens is 363 g/mol. The van der Waals surface area contributed by atoms with Gasteiger partial charge in [0.05, 0.1) is 23.7 Å². The first-order chi connectivity index (χ1) is 12.3. The summed E-state index contributed by atoms with van der Waals surface area (Å²) in [6, 6.07) is 5.08. The molecule has 1 aromatic heterocycles. The van der Waals surface area contributed by atoms with Crippen molar-refractivity contribution >= 4 is 17.2 Å². The van der Waals surface area contributed by atoms with Gasteiger partial charge in [-0.3, -0.25) is 4.79 Å². The lowest BCUT2D eigenvalue weighted by Gasteiger charge is -2.28. The van der Waals surface area contributed by atoms with Crippen LogP contribution in [0.1, 0.15) is 30.3 Å². The summed E-state index contributed by atoms with van der Waals surface area (Å²) in [7, 11) is 0. The van der Waals surface area contributed by atoms with Gasteiger partial charge in [-0.15, -0.1) is 11.3 Å². The summed E-state index contributed by atoms with van der Waals surface area (Å²) < 4.78 is 37.9.